The summed E-state index contributed by atoms with van der Waals surface area (Å²) in [6, 6.07) is 9.69. The molecule has 1 atom stereocenters. The molecular weight excluding hydrogens is 446 g/mol. The summed E-state index contributed by atoms with van der Waals surface area (Å²) in [6.45, 7) is 5.68. The zero-order valence-electron chi connectivity index (χ0n) is 20.8. The number of carbonyl (C=O) groups excluding carboxylic acids is 2. The van der Waals surface area contributed by atoms with E-state index in [-0.39, 0.29) is 24.6 Å². The first-order valence-corrected chi connectivity index (χ1v) is 11.9. The number of benzene rings is 1. The molecule has 184 valence electrons. The molecule has 5 rings (SSSR count). The maximum Gasteiger partial charge on any atom is 0.410 e. The third-order valence-corrected chi connectivity index (χ3v) is 6.54. The monoisotopic (exact) mass is 477 g/mol. The lowest BCUT2D eigenvalue weighted by molar-refractivity contribution is -0.118. The number of likely N-dealkylation sites (N-methyl/N-ethyl adjacent to an activating group) is 1. The molecule has 2 amide bonds. The van der Waals surface area contributed by atoms with E-state index >= 15 is 0 Å². The van der Waals surface area contributed by atoms with Gasteiger partial charge >= 0.3 is 6.09 Å². The number of carbonyl (C=O) groups is 2. The van der Waals surface area contributed by atoms with Gasteiger partial charge in [-0.1, -0.05) is 0 Å². The average molecular weight is 478 g/mol. The van der Waals surface area contributed by atoms with Gasteiger partial charge in [-0.2, -0.15) is 0 Å². The van der Waals surface area contributed by atoms with E-state index < -0.39 is 5.60 Å². The van der Waals surface area contributed by atoms with Crippen molar-refractivity contribution in [3.05, 3.63) is 41.6 Å². The molecular formula is C26H31N5O4. The second-order valence-corrected chi connectivity index (χ2v) is 10.2. The minimum atomic E-state index is -0.519. The normalized spacial score (nSPS) is 17.2. The molecule has 0 saturated heterocycles. The summed E-state index contributed by atoms with van der Waals surface area (Å²) in [7, 11) is 3.86. The Balaban J connectivity index is 1.38. The van der Waals surface area contributed by atoms with Crippen LogP contribution in [0.3, 0.4) is 0 Å². The van der Waals surface area contributed by atoms with Gasteiger partial charge in [0.2, 0.25) is 0 Å². The highest BCUT2D eigenvalue weighted by Crippen LogP contribution is 2.35. The Morgan fingerprint density at radius 2 is 2.09 bits per heavy atom. The number of ether oxygens (including phenoxy) is 2. The van der Waals surface area contributed by atoms with E-state index in [1.807, 2.05) is 59.1 Å². The van der Waals surface area contributed by atoms with Crippen LogP contribution in [0.15, 0.2) is 30.3 Å². The van der Waals surface area contributed by atoms with Crippen molar-refractivity contribution in [2.24, 2.45) is 7.05 Å². The van der Waals surface area contributed by atoms with Crippen LogP contribution in [-0.2, 0) is 29.4 Å². The topological polar surface area (TPSA) is 97.7 Å². The maximum absolute atomic E-state index is 12.6. The van der Waals surface area contributed by atoms with Crippen molar-refractivity contribution in [3.8, 4) is 5.75 Å². The lowest BCUT2D eigenvalue weighted by atomic mass is 9.91. The molecule has 1 aliphatic carbocycles. The summed E-state index contributed by atoms with van der Waals surface area (Å²) in [6.07, 6.45) is 2.22. The molecule has 9 heteroatoms. The van der Waals surface area contributed by atoms with Gasteiger partial charge in [0.25, 0.3) is 5.91 Å². The van der Waals surface area contributed by atoms with Crippen LogP contribution >= 0.6 is 0 Å². The molecule has 3 heterocycles. The number of hydrogen-bond acceptors (Lipinski definition) is 6. The van der Waals surface area contributed by atoms with Crippen LogP contribution in [0.25, 0.3) is 11.0 Å². The van der Waals surface area contributed by atoms with Crippen molar-refractivity contribution in [1.29, 1.82) is 0 Å². The van der Waals surface area contributed by atoms with Crippen molar-refractivity contribution >= 4 is 40.2 Å². The Bertz CT molecular complexity index is 1320. The van der Waals surface area contributed by atoms with Crippen LogP contribution < -0.4 is 15.4 Å². The third kappa shape index (κ3) is 4.50. The summed E-state index contributed by atoms with van der Waals surface area (Å²) in [5.41, 5.74) is 4.32. The minimum absolute atomic E-state index is 0.0323. The standard InChI is InChI=1S/C26H31N5O4/c1-26(2,3)35-25(33)30(4)16-7-9-20-18(13-16)17-8-11-22(29-24(17)31(20)5)27-15-6-10-21-19(12-15)28-23(32)14-34-21/h6,8,10-12,16H,7,9,13-14H2,1-5H3,(H,27,29)(H,28,32). The Hall–Kier alpha value is -3.75. The highest BCUT2D eigenvalue weighted by Gasteiger charge is 2.31. The number of aryl methyl sites for hydroxylation is 1. The Morgan fingerprint density at radius 3 is 2.86 bits per heavy atom. The molecule has 0 saturated carbocycles. The Kier molecular flexibility index (Phi) is 5.57. The van der Waals surface area contributed by atoms with E-state index in [2.05, 4.69) is 21.3 Å². The molecule has 0 spiro atoms. The highest BCUT2D eigenvalue weighted by molar-refractivity contribution is 5.96. The first-order chi connectivity index (χ1) is 16.6. The first kappa shape index (κ1) is 23.0. The Morgan fingerprint density at radius 1 is 1.29 bits per heavy atom. The van der Waals surface area contributed by atoms with Crippen molar-refractivity contribution in [2.75, 3.05) is 24.3 Å². The van der Waals surface area contributed by atoms with Crippen LogP contribution in [-0.4, -0.2) is 51.7 Å². The second kappa shape index (κ2) is 8.48. The third-order valence-electron chi connectivity index (χ3n) is 6.54. The van der Waals surface area contributed by atoms with Gasteiger partial charge in [0.05, 0.1) is 5.69 Å². The van der Waals surface area contributed by atoms with Gasteiger partial charge in [-0.3, -0.25) is 4.79 Å². The number of nitrogens with zero attached hydrogens (tertiary/aromatic N) is 3. The van der Waals surface area contributed by atoms with Crippen LogP contribution in [0.4, 0.5) is 22.0 Å². The number of fused-ring (bicyclic) bond motifs is 4. The van der Waals surface area contributed by atoms with E-state index in [1.165, 1.54) is 11.3 Å². The molecule has 35 heavy (non-hydrogen) atoms. The fourth-order valence-corrected chi connectivity index (χ4v) is 4.80. The highest BCUT2D eigenvalue weighted by atomic mass is 16.6. The summed E-state index contributed by atoms with van der Waals surface area (Å²) in [5.74, 6) is 1.19. The lowest BCUT2D eigenvalue weighted by Crippen LogP contribution is -2.43. The molecule has 0 bridgehead atoms. The number of hydrogen-bond donors (Lipinski definition) is 2. The summed E-state index contributed by atoms with van der Waals surface area (Å²) in [4.78, 5) is 30.9. The molecule has 1 aliphatic heterocycles. The Labute approximate surface area is 204 Å². The molecule has 2 N–H and O–H groups in total. The second-order valence-electron chi connectivity index (χ2n) is 10.2. The van der Waals surface area contributed by atoms with Crippen molar-refractivity contribution in [1.82, 2.24) is 14.5 Å². The number of amides is 2. The molecule has 3 aromatic rings. The summed E-state index contributed by atoms with van der Waals surface area (Å²) >= 11 is 0. The van der Waals surface area contributed by atoms with Crippen LogP contribution in [0.5, 0.6) is 5.75 Å². The van der Waals surface area contributed by atoms with Gasteiger partial charge in [0.15, 0.2) is 6.61 Å². The number of anilines is 3. The fourth-order valence-electron chi connectivity index (χ4n) is 4.80. The maximum atomic E-state index is 12.6. The number of aromatic nitrogens is 2. The molecule has 1 aromatic carbocycles. The molecule has 9 nitrogen and oxygen atoms in total. The van der Waals surface area contributed by atoms with Gasteiger partial charge in [-0.05, 0) is 75.9 Å². The van der Waals surface area contributed by atoms with Crippen LogP contribution in [0.2, 0.25) is 0 Å². The smallest absolute Gasteiger partial charge is 0.410 e. The molecule has 0 radical (unpaired) electrons. The molecule has 1 unspecified atom stereocenters. The van der Waals surface area contributed by atoms with E-state index in [0.717, 1.165) is 36.0 Å². The quantitative estimate of drug-likeness (QED) is 0.581. The van der Waals surface area contributed by atoms with Gasteiger partial charge in [-0.15, -0.1) is 0 Å². The summed E-state index contributed by atoms with van der Waals surface area (Å²) in [5, 5.41) is 7.26. The fraction of sp³-hybridized carbons (Fsp3) is 0.423. The number of nitrogens with one attached hydrogen (secondary N) is 2. The van der Waals surface area contributed by atoms with E-state index in [9.17, 15) is 9.59 Å². The van der Waals surface area contributed by atoms with E-state index in [0.29, 0.717) is 17.3 Å². The van der Waals surface area contributed by atoms with Crippen molar-refractivity contribution in [2.45, 2.75) is 51.7 Å². The average Bonchev–Trinajstić information content (AvgIpc) is 3.08. The predicted molar refractivity (Wildman–Crippen MR) is 134 cm³/mol. The number of pyridine rings is 1. The van der Waals surface area contributed by atoms with Gasteiger partial charge in [0.1, 0.15) is 22.8 Å². The minimum Gasteiger partial charge on any atom is -0.482 e. The van der Waals surface area contributed by atoms with Gasteiger partial charge in [-0.25, -0.2) is 9.78 Å². The molecule has 2 aromatic heterocycles. The zero-order chi connectivity index (χ0) is 24.9. The summed E-state index contributed by atoms with van der Waals surface area (Å²) < 4.78 is 13.2. The van der Waals surface area contributed by atoms with Gasteiger partial charge in [0, 0.05) is 36.9 Å². The van der Waals surface area contributed by atoms with Crippen LogP contribution in [0.1, 0.15) is 38.4 Å². The van der Waals surface area contributed by atoms with Gasteiger partial charge < -0.3 is 29.6 Å². The molecule has 0 fully saturated rings. The largest absolute Gasteiger partial charge is 0.482 e. The van der Waals surface area contributed by atoms with Crippen LogP contribution in [0, 0.1) is 0 Å². The van der Waals surface area contributed by atoms with E-state index in [1.54, 1.807) is 4.90 Å². The SMILES string of the molecule is CN(C(=O)OC(C)(C)C)C1CCc2c(c3ccc(Nc4ccc5c(c4)NC(=O)CO5)nc3n2C)C1. The zero-order valence-corrected chi connectivity index (χ0v) is 20.8. The van der Waals surface area contributed by atoms with E-state index in [4.69, 9.17) is 14.5 Å². The number of rotatable bonds is 3. The predicted octanol–water partition coefficient (Wildman–Crippen LogP) is 4.37. The first-order valence-electron chi connectivity index (χ1n) is 11.9. The molecule has 2 aliphatic rings. The lowest BCUT2D eigenvalue weighted by Gasteiger charge is -2.33. The van der Waals surface area contributed by atoms with Crippen molar-refractivity contribution < 1.29 is 19.1 Å². The van der Waals surface area contributed by atoms with Crippen molar-refractivity contribution in [3.63, 3.8) is 0 Å².